The minimum absolute atomic E-state index is 0.0201. The number of rotatable bonds is 17. The number of hydrogen-bond acceptors (Lipinski definition) is 7. The molecule has 44 heavy (non-hydrogen) atoms. The molecule has 1 N–H and O–H groups in total. The van der Waals surface area contributed by atoms with E-state index in [-0.39, 0.29) is 30.0 Å². The number of hydrogen-bond donors (Lipinski definition) is 1. The highest BCUT2D eigenvalue weighted by molar-refractivity contribution is 5.95. The van der Waals surface area contributed by atoms with Crippen LogP contribution in [0.2, 0.25) is 0 Å². The number of carbonyl (C=O) groups is 2. The number of ether oxygens (including phenoxy) is 4. The Labute approximate surface area is 264 Å². The fourth-order valence-electron chi connectivity index (χ4n) is 5.52. The Morgan fingerprint density at radius 3 is 2.41 bits per heavy atom. The summed E-state index contributed by atoms with van der Waals surface area (Å²) in [6, 6.07) is 15.5. The number of benzene rings is 2. The summed E-state index contributed by atoms with van der Waals surface area (Å²) >= 11 is 0. The van der Waals surface area contributed by atoms with Crippen molar-refractivity contribution in [3.63, 3.8) is 0 Å². The first-order chi connectivity index (χ1) is 21.2. The van der Waals surface area contributed by atoms with Crippen LogP contribution in [0.1, 0.15) is 62.9 Å². The van der Waals surface area contributed by atoms with Crippen LogP contribution in [0.15, 0.2) is 48.5 Å². The number of carbonyl (C=O) groups excluding carboxylic acids is 2. The van der Waals surface area contributed by atoms with Crippen LogP contribution in [0.3, 0.4) is 0 Å². The topological polar surface area (TPSA) is 89.6 Å². The Morgan fingerprint density at radius 2 is 1.73 bits per heavy atom. The molecule has 0 aliphatic carbocycles. The molecule has 0 aromatic heterocycles. The van der Waals surface area contributed by atoms with E-state index >= 15 is 0 Å². The van der Waals surface area contributed by atoms with E-state index in [1.54, 1.807) is 32.4 Å². The van der Waals surface area contributed by atoms with E-state index in [9.17, 15) is 9.59 Å². The first kappa shape index (κ1) is 35.2. The summed E-state index contributed by atoms with van der Waals surface area (Å²) < 4.78 is 22.4. The first-order valence-electron chi connectivity index (χ1n) is 16.0. The molecule has 2 amide bonds. The zero-order valence-electron chi connectivity index (χ0n) is 27.6. The zero-order valence-corrected chi connectivity index (χ0v) is 27.6. The molecular weight excluding hydrogens is 558 g/mol. The van der Waals surface area contributed by atoms with Gasteiger partial charge in [-0.15, -0.1) is 0 Å². The summed E-state index contributed by atoms with van der Waals surface area (Å²) in [6.45, 7) is 12.5. The molecule has 1 aliphatic rings. The van der Waals surface area contributed by atoms with Crippen molar-refractivity contribution in [3.8, 4) is 11.5 Å². The largest absolute Gasteiger partial charge is 0.493 e. The molecule has 1 fully saturated rings. The van der Waals surface area contributed by atoms with Crippen LogP contribution < -0.4 is 14.8 Å². The van der Waals surface area contributed by atoms with E-state index < -0.39 is 0 Å². The monoisotopic (exact) mass is 611 g/mol. The van der Waals surface area contributed by atoms with Crippen LogP contribution in [-0.2, 0) is 15.9 Å². The summed E-state index contributed by atoms with van der Waals surface area (Å²) in [5.74, 6) is 1.66. The van der Waals surface area contributed by atoms with Crippen molar-refractivity contribution < 1.29 is 28.5 Å². The van der Waals surface area contributed by atoms with Crippen molar-refractivity contribution in [1.82, 2.24) is 15.1 Å². The average molecular weight is 612 g/mol. The van der Waals surface area contributed by atoms with Gasteiger partial charge in [-0.2, -0.15) is 0 Å². The SMILES string of the molecule is COCCCOc1cc(C(=O)N(C(C)C)[C@H]2CNCC(COC(=O)N(CCc3ccccc3)CCC(C)C)C2)ccc1OC. The summed E-state index contributed by atoms with van der Waals surface area (Å²) in [4.78, 5) is 30.9. The van der Waals surface area contributed by atoms with Gasteiger partial charge in [0.2, 0.25) is 0 Å². The normalized spacial score (nSPS) is 16.5. The molecule has 0 saturated carbocycles. The maximum Gasteiger partial charge on any atom is 0.409 e. The standard InChI is InChI=1S/C35H53N3O6/c1-26(2)15-17-37(18-16-28-11-8-7-9-12-28)35(40)44-25-29-21-31(24-36-23-29)38(27(3)4)34(39)30-13-14-32(42-6)33(22-30)43-20-10-19-41-5/h7-9,11-14,22,26-27,29,31,36H,10,15-21,23-25H2,1-6H3/t29?,31-/m1/s1. The van der Waals surface area contributed by atoms with E-state index in [1.807, 2.05) is 41.8 Å². The Hall–Kier alpha value is -3.30. The summed E-state index contributed by atoms with van der Waals surface area (Å²) in [6.07, 6.45) is 2.93. The van der Waals surface area contributed by atoms with E-state index in [4.69, 9.17) is 18.9 Å². The van der Waals surface area contributed by atoms with Crippen molar-refractivity contribution >= 4 is 12.0 Å². The fourth-order valence-corrected chi connectivity index (χ4v) is 5.52. The van der Waals surface area contributed by atoms with Gasteiger partial charge in [0, 0.05) is 69.9 Å². The van der Waals surface area contributed by atoms with Crippen molar-refractivity contribution in [2.75, 3.05) is 60.2 Å². The molecule has 0 radical (unpaired) electrons. The number of methoxy groups -OCH3 is 2. The lowest BCUT2D eigenvalue weighted by Gasteiger charge is -2.40. The quantitative estimate of drug-likeness (QED) is 0.231. The van der Waals surface area contributed by atoms with Gasteiger partial charge in [-0.25, -0.2) is 4.79 Å². The van der Waals surface area contributed by atoms with E-state index in [0.717, 1.165) is 32.2 Å². The Bertz CT molecular complexity index is 1140. The van der Waals surface area contributed by atoms with Crippen LogP contribution in [-0.4, -0.2) is 94.1 Å². The second-order valence-corrected chi connectivity index (χ2v) is 12.3. The fraction of sp³-hybridized carbons (Fsp3) is 0.600. The molecule has 1 saturated heterocycles. The molecule has 3 rings (SSSR count). The molecule has 9 heteroatoms. The minimum Gasteiger partial charge on any atom is -0.493 e. The minimum atomic E-state index is -0.267. The highest BCUT2D eigenvalue weighted by Crippen LogP contribution is 2.30. The van der Waals surface area contributed by atoms with Gasteiger partial charge in [0.05, 0.1) is 20.3 Å². The molecule has 0 bridgehead atoms. The number of amides is 2. The Morgan fingerprint density at radius 1 is 0.955 bits per heavy atom. The van der Waals surface area contributed by atoms with Crippen molar-refractivity contribution in [1.29, 1.82) is 0 Å². The third-order valence-corrected chi connectivity index (χ3v) is 7.95. The van der Waals surface area contributed by atoms with Crippen LogP contribution in [0.5, 0.6) is 11.5 Å². The number of nitrogens with one attached hydrogen (secondary N) is 1. The van der Waals surface area contributed by atoms with E-state index in [2.05, 4.69) is 31.3 Å². The summed E-state index contributed by atoms with van der Waals surface area (Å²) in [7, 11) is 3.25. The average Bonchev–Trinajstić information content (AvgIpc) is 3.02. The molecule has 244 valence electrons. The smallest absolute Gasteiger partial charge is 0.409 e. The van der Waals surface area contributed by atoms with Gasteiger partial charge in [-0.1, -0.05) is 44.2 Å². The number of nitrogens with zero attached hydrogens (tertiary/aromatic N) is 2. The molecule has 2 atom stereocenters. The third-order valence-electron chi connectivity index (χ3n) is 7.95. The van der Waals surface area contributed by atoms with Gasteiger partial charge in [0.25, 0.3) is 5.91 Å². The molecule has 2 aromatic rings. The maximum absolute atomic E-state index is 13.9. The third kappa shape index (κ3) is 11.0. The van der Waals surface area contributed by atoms with Crippen LogP contribution in [0.4, 0.5) is 4.79 Å². The molecule has 1 heterocycles. The molecule has 1 unspecified atom stereocenters. The lowest BCUT2D eigenvalue weighted by molar-refractivity contribution is 0.0437. The van der Waals surface area contributed by atoms with Crippen molar-refractivity contribution in [2.45, 2.75) is 65.5 Å². The Kier molecular flexibility index (Phi) is 14.8. The second-order valence-electron chi connectivity index (χ2n) is 12.3. The molecule has 0 spiro atoms. The predicted molar refractivity (Wildman–Crippen MR) is 174 cm³/mol. The number of piperidine rings is 1. The first-order valence-corrected chi connectivity index (χ1v) is 16.0. The van der Waals surface area contributed by atoms with Gasteiger partial charge in [0.15, 0.2) is 11.5 Å². The highest BCUT2D eigenvalue weighted by atomic mass is 16.6. The van der Waals surface area contributed by atoms with Crippen LogP contribution >= 0.6 is 0 Å². The lowest BCUT2D eigenvalue weighted by atomic mass is 9.94. The van der Waals surface area contributed by atoms with Crippen LogP contribution in [0, 0.1) is 11.8 Å². The lowest BCUT2D eigenvalue weighted by Crippen LogP contribution is -2.54. The Balaban J connectivity index is 1.63. The maximum atomic E-state index is 13.9. The van der Waals surface area contributed by atoms with Gasteiger partial charge in [-0.05, 0) is 62.8 Å². The highest BCUT2D eigenvalue weighted by Gasteiger charge is 2.33. The molecule has 9 nitrogen and oxygen atoms in total. The van der Waals surface area contributed by atoms with Gasteiger partial charge < -0.3 is 34.1 Å². The predicted octanol–water partition coefficient (Wildman–Crippen LogP) is 5.67. The molecule has 1 aliphatic heterocycles. The summed E-state index contributed by atoms with van der Waals surface area (Å²) in [5.41, 5.74) is 1.75. The summed E-state index contributed by atoms with van der Waals surface area (Å²) in [5, 5.41) is 3.48. The van der Waals surface area contributed by atoms with Gasteiger partial charge in [-0.3, -0.25) is 4.79 Å². The van der Waals surface area contributed by atoms with Crippen molar-refractivity contribution in [3.05, 3.63) is 59.7 Å². The van der Waals surface area contributed by atoms with Crippen molar-refractivity contribution in [2.24, 2.45) is 11.8 Å². The van der Waals surface area contributed by atoms with E-state index in [0.29, 0.717) is 62.4 Å². The van der Waals surface area contributed by atoms with E-state index in [1.165, 1.54) is 5.56 Å². The van der Waals surface area contributed by atoms with Gasteiger partial charge >= 0.3 is 6.09 Å². The van der Waals surface area contributed by atoms with Crippen LogP contribution in [0.25, 0.3) is 0 Å². The second kappa shape index (κ2) is 18.5. The van der Waals surface area contributed by atoms with Gasteiger partial charge in [0.1, 0.15) is 0 Å². The molecular formula is C35H53N3O6. The molecule has 2 aromatic carbocycles. The zero-order chi connectivity index (χ0) is 31.9.